The van der Waals surface area contributed by atoms with Crippen molar-refractivity contribution in [3.63, 3.8) is 0 Å². The molecule has 0 fully saturated rings. The third-order valence-corrected chi connectivity index (χ3v) is 14.9. The van der Waals surface area contributed by atoms with E-state index in [0.29, 0.717) is 11.8 Å². The fourth-order valence-corrected chi connectivity index (χ4v) is 10.7. The predicted octanol–water partition coefficient (Wildman–Crippen LogP) is 20.6. The Morgan fingerprint density at radius 1 is 0.397 bits per heavy atom. The zero-order chi connectivity index (χ0) is 52.9. The lowest BCUT2D eigenvalue weighted by Crippen LogP contribution is -2.15. The Kier molecular flexibility index (Phi) is 15.9. The highest BCUT2D eigenvalue weighted by Gasteiger charge is 2.23. The van der Waals surface area contributed by atoms with E-state index in [2.05, 4.69) is 339 Å². The second-order valence-electron chi connectivity index (χ2n) is 20.2. The summed E-state index contributed by atoms with van der Waals surface area (Å²) in [7, 11) is 0. The molecule has 0 amide bonds. The number of benzene rings is 10. The summed E-state index contributed by atoms with van der Waals surface area (Å²) in [6, 6.07) is 94.2. The van der Waals surface area contributed by atoms with E-state index in [1.807, 2.05) is 0 Å². The van der Waals surface area contributed by atoms with Gasteiger partial charge in [-0.2, -0.15) is 0 Å². The fourth-order valence-electron chi connectivity index (χ4n) is 10.7. The summed E-state index contributed by atoms with van der Waals surface area (Å²) in [5, 5.41) is 0. The summed E-state index contributed by atoms with van der Waals surface area (Å²) in [6.45, 7) is 4.37. The highest BCUT2D eigenvalue weighted by molar-refractivity contribution is 5.92. The highest BCUT2D eigenvalue weighted by atomic mass is 15.1. The van der Waals surface area contributed by atoms with Crippen LogP contribution < -0.4 is 9.80 Å². The maximum Gasteiger partial charge on any atom is 0.0490 e. The van der Waals surface area contributed by atoms with E-state index in [-0.39, 0.29) is 0 Å². The molecule has 2 nitrogen and oxygen atoms in total. The van der Waals surface area contributed by atoms with Gasteiger partial charge in [-0.3, -0.25) is 0 Å². The molecule has 2 atom stereocenters. The maximum atomic E-state index is 2.38. The molecule has 378 valence electrons. The normalized spacial score (nSPS) is 13.4. The summed E-state index contributed by atoms with van der Waals surface area (Å²) in [6.07, 6.45) is 22.2. The van der Waals surface area contributed by atoms with Crippen molar-refractivity contribution >= 4 is 70.1 Å². The standard InChI is InChI=1S/C76H64N2/c1-57-19-15-17-29-75(57)77(71-51-43-63(44-52-71)55-73(65-21-7-3-8-22-65)66-23-9-4-10-24-66)69-47-39-61(40-48-69)37-35-59-31-33-60(34-32-59)36-38-62-41-49-70(50-42-62)78(76-30-18-16-20-58(76)2)72-53-45-64(46-54-72)56-74(67-25-11-5-12-26-67)68-27-13-6-14-28-68/h3-27,29-55,68,74H,28,56H2,1-2H3/b37-35+,38-36+. The van der Waals surface area contributed by atoms with Gasteiger partial charge in [-0.1, -0.05) is 249 Å². The Morgan fingerprint density at radius 3 is 1.18 bits per heavy atom. The zero-order valence-corrected chi connectivity index (χ0v) is 44.5. The number of hydrogen-bond acceptors (Lipinski definition) is 2. The Morgan fingerprint density at radius 2 is 0.769 bits per heavy atom. The van der Waals surface area contributed by atoms with Crippen molar-refractivity contribution in [3.8, 4) is 0 Å². The van der Waals surface area contributed by atoms with Gasteiger partial charge < -0.3 is 9.80 Å². The van der Waals surface area contributed by atoms with Crippen LogP contribution in [0.2, 0.25) is 0 Å². The van der Waals surface area contributed by atoms with E-state index in [4.69, 9.17) is 0 Å². The average molecular weight is 1010 g/mol. The minimum atomic E-state index is 0.417. The van der Waals surface area contributed by atoms with Gasteiger partial charge in [0.25, 0.3) is 0 Å². The monoisotopic (exact) mass is 1000 g/mol. The van der Waals surface area contributed by atoms with Crippen LogP contribution in [0.25, 0.3) is 36.0 Å². The first kappa shape index (κ1) is 50.6. The Balaban J connectivity index is 0.760. The summed E-state index contributed by atoms with van der Waals surface area (Å²) in [5.41, 5.74) is 21.3. The van der Waals surface area contributed by atoms with Crippen LogP contribution in [-0.2, 0) is 6.42 Å². The molecule has 0 saturated carbocycles. The van der Waals surface area contributed by atoms with Crippen molar-refractivity contribution in [2.24, 2.45) is 5.92 Å². The average Bonchev–Trinajstić information content (AvgIpc) is 3.56. The van der Waals surface area contributed by atoms with Crippen molar-refractivity contribution in [1.29, 1.82) is 0 Å². The lowest BCUT2D eigenvalue weighted by molar-refractivity contribution is 0.505. The smallest absolute Gasteiger partial charge is 0.0490 e. The second-order valence-corrected chi connectivity index (χ2v) is 20.2. The molecule has 0 aliphatic heterocycles. The van der Waals surface area contributed by atoms with Crippen LogP contribution in [0.3, 0.4) is 0 Å². The van der Waals surface area contributed by atoms with Gasteiger partial charge in [-0.05, 0) is 172 Å². The molecular weight excluding hydrogens is 941 g/mol. The largest absolute Gasteiger partial charge is 0.310 e. The van der Waals surface area contributed by atoms with Crippen LogP contribution in [0.15, 0.2) is 285 Å². The molecule has 10 aromatic carbocycles. The number of para-hydroxylation sites is 2. The van der Waals surface area contributed by atoms with Crippen molar-refractivity contribution in [2.45, 2.75) is 32.6 Å². The molecule has 0 N–H and O–H groups in total. The Bertz CT molecular complexity index is 3660. The summed E-state index contributed by atoms with van der Waals surface area (Å²) in [5.74, 6) is 0.899. The topological polar surface area (TPSA) is 6.48 Å². The number of allylic oxidation sites excluding steroid dienone is 4. The second kappa shape index (κ2) is 24.4. The number of rotatable bonds is 17. The quantitative estimate of drug-likeness (QED) is 0.0839. The minimum Gasteiger partial charge on any atom is -0.310 e. The van der Waals surface area contributed by atoms with Crippen LogP contribution in [0.1, 0.15) is 73.5 Å². The van der Waals surface area contributed by atoms with Gasteiger partial charge in [-0.15, -0.1) is 0 Å². The summed E-state index contributed by atoms with van der Waals surface area (Å²) in [4.78, 5) is 4.73. The van der Waals surface area contributed by atoms with E-state index in [0.717, 1.165) is 69.1 Å². The molecule has 1 aliphatic rings. The molecule has 0 spiro atoms. The molecule has 10 aromatic rings. The van der Waals surface area contributed by atoms with Gasteiger partial charge >= 0.3 is 0 Å². The number of hydrogen-bond donors (Lipinski definition) is 0. The van der Waals surface area contributed by atoms with Crippen LogP contribution in [0, 0.1) is 19.8 Å². The van der Waals surface area contributed by atoms with Crippen LogP contribution in [0.4, 0.5) is 34.1 Å². The van der Waals surface area contributed by atoms with Gasteiger partial charge in [0.2, 0.25) is 0 Å². The molecule has 11 rings (SSSR count). The molecule has 2 heteroatoms. The van der Waals surface area contributed by atoms with Crippen molar-refractivity contribution < 1.29 is 0 Å². The molecule has 0 heterocycles. The minimum absolute atomic E-state index is 0.417. The first-order valence-electron chi connectivity index (χ1n) is 27.3. The van der Waals surface area contributed by atoms with E-state index < -0.39 is 0 Å². The molecule has 0 radical (unpaired) electrons. The van der Waals surface area contributed by atoms with E-state index in [1.165, 1.54) is 44.6 Å². The van der Waals surface area contributed by atoms with Crippen LogP contribution >= 0.6 is 0 Å². The van der Waals surface area contributed by atoms with Gasteiger partial charge in [0.1, 0.15) is 0 Å². The maximum absolute atomic E-state index is 2.38. The lowest BCUT2D eigenvalue weighted by atomic mass is 9.78. The van der Waals surface area contributed by atoms with Crippen LogP contribution in [0.5, 0.6) is 0 Å². The van der Waals surface area contributed by atoms with E-state index in [9.17, 15) is 0 Å². The van der Waals surface area contributed by atoms with Gasteiger partial charge in [0.15, 0.2) is 0 Å². The van der Waals surface area contributed by atoms with E-state index in [1.54, 1.807) is 0 Å². The molecule has 78 heavy (non-hydrogen) atoms. The predicted molar refractivity (Wildman–Crippen MR) is 335 cm³/mol. The molecule has 1 aliphatic carbocycles. The number of aryl methyl sites for hydroxylation is 2. The Hall–Kier alpha value is -9.50. The number of nitrogens with zero attached hydrogens (tertiary/aromatic N) is 2. The molecule has 0 saturated heterocycles. The van der Waals surface area contributed by atoms with Crippen molar-refractivity contribution in [3.05, 3.63) is 346 Å². The van der Waals surface area contributed by atoms with Gasteiger partial charge in [-0.25, -0.2) is 0 Å². The Labute approximate surface area is 462 Å². The summed E-state index contributed by atoms with van der Waals surface area (Å²) >= 11 is 0. The van der Waals surface area contributed by atoms with Gasteiger partial charge in [0, 0.05) is 34.1 Å². The molecule has 0 bridgehead atoms. The van der Waals surface area contributed by atoms with Gasteiger partial charge in [0.05, 0.1) is 0 Å². The van der Waals surface area contributed by atoms with E-state index >= 15 is 0 Å². The highest BCUT2D eigenvalue weighted by Crippen LogP contribution is 2.40. The van der Waals surface area contributed by atoms with Crippen molar-refractivity contribution in [2.75, 3.05) is 9.80 Å². The lowest BCUT2D eigenvalue weighted by Gasteiger charge is -2.28. The third kappa shape index (κ3) is 12.3. The first-order valence-corrected chi connectivity index (χ1v) is 27.3. The fraction of sp³-hybridized carbons (Fsp3) is 0.0789. The SMILES string of the molecule is Cc1ccccc1N(c1ccc(C=C(c2ccccc2)c2ccccc2)cc1)c1ccc(/C=C/c2ccc(/C=C/c3ccc(N(c4ccc(CC(c5ccccc5)C5C=CC=CC5)cc4)c4ccccc4C)cc3)cc2)cc1. The van der Waals surface area contributed by atoms with Crippen LogP contribution in [-0.4, -0.2) is 0 Å². The van der Waals surface area contributed by atoms with Crippen molar-refractivity contribution in [1.82, 2.24) is 0 Å². The molecule has 2 unspecified atom stereocenters. The first-order chi connectivity index (χ1) is 38.5. The molecular formula is C76H64N2. The zero-order valence-electron chi connectivity index (χ0n) is 44.5. The third-order valence-electron chi connectivity index (χ3n) is 14.9. The number of anilines is 6. The summed E-state index contributed by atoms with van der Waals surface area (Å²) < 4.78 is 0. The molecule has 0 aromatic heterocycles.